The molecule has 5 nitrogen and oxygen atoms in total. The maximum atomic E-state index is 12.9. The minimum atomic E-state index is -0.114. The number of thioether (sulfide) groups is 1. The van der Waals surface area contributed by atoms with Gasteiger partial charge in [0.05, 0.1) is 16.7 Å². The summed E-state index contributed by atoms with van der Waals surface area (Å²) in [5, 5.41) is 4.51. The second-order valence-corrected chi connectivity index (χ2v) is 8.09. The molecule has 0 atom stereocenters. The Morgan fingerprint density at radius 3 is 2.81 bits per heavy atom. The number of hydrogen-bond donors (Lipinski definition) is 1. The molecule has 2 aromatic rings. The predicted molar refractivity (Wildman–Crippen MR) is 109 cm³/mol. The lowest BCUT2D eigenvalue weighted by Gasteiger charge is -2.15. The van der Waals surface area contributed by atoms with Gasteiger partial charge in [0.1, 0.15) is 0 Å². The lowest BCUT2D eigenvalue weighted by Crippen LogP contribution is -2.28. The van der Waals surface area contributed by atoms with Crippen molar-refractivity contribution < 1.29 is 4.79 Å². The van der Waals surface area contributed by atoms with Crippen LogP contribution in [0.25, 0.3) is 10.9 Å². The van der Waals surface area contributed by atoms with Crippen molar-refractivity contribution in [3.05, 3.63) is 33.6 Å². The van der Waals surface area contributed by atoms with E-state index in [9.17, 15) is 9.59 Å². The van der Waals surface area contributed by atoms with E-state index in [-0.39, 0.29) is 23.1 Å². The number of amides is 1. The molecule has 0 radical (unpaired) electrons. The first-order valence-electron chi connectivity index (χ1n) is 9.02. The van der Waals surface area contributed by atoms with Crippen LogP contribution in [0.5, 0.6) is 0 Å². The lowest BCUT2D eigenvalue weighted by molar-refractivity contribution is -0.118. The van der Waals surface area contributed by atoms with Gasteiger partial charge in [0.15, 0.2) is 5.16 Å². The van der Waals surface area contributed by atoms with Gasteiger partial charge in [0.2, 0.25) is 5.91 Å². The van der Waals surface area contributed by atoms with Crippen LogP contribution in [0.1, 0.15) is 40.0 Å². The van der Waals surface area contributed by atoms with Gasteiger partial charge in [-0.2, -0.15) is 0 Å². The minimum absolute atomic E-state index is 0.0346. The Morgan fingerprint density at radius 1 is 1.35 bits per heavy atom. The highest BCUT2D eigenvalue weighted by atomic mass is 35.5. The molecule has 1 amide bonds. The molecular weight excluding hydrogens is 370 g/mol. The van der Waals surface area contributed by atoms with E-state index in [1.54, 1.807) is 22.8 Å². The Hall–Kier alpha value is -1.53. The van der Waals surface area contributed by atoms with E-state index >= 15 is 0 Å². The molecule has 26 heavy (non-hydrogen) atoms. The molecule has 0 aliphatic heterocycles. The van der Waals surface area contributed by atoms with E-state index in [0.717, 1.165) is 19.3 Å². The summed E-state index contributed by atoms with van der Waals surface area (Å²) >= 11 is 7.33. The summed E-state index contributed by atoms with van der Waals surface area (Å²) in [4.78, 5) is 29.5. The lowest BCUT2D eigenvalue weighted by atomic mass is 10.2. The highest BCUT2D eigenvalue weighted by Gasteiger charge is 2.14. The summed E-state index contributed by atoms with van der Waals surface area (Å²) in [5.74, 6) is 0.497. The average Bonchev–Trinajstić information content (AvgIpc) is 2.60. The number of halogens is 1. The number of aromatic nitrogens is 2. The van der Waals surface area contributed by atoms with E-state index in [2.05, 4.69) is 17.2 Å². The molecule has 142 valence electrons. The summed E-state index contributed by atoms with van der Waals surface area (Å²) in [7, 11) is 0. The number of hydrogen-bond acceptors (Lipinski definition) is 4. The standard InChI is InChI=1S/C19H26ClN3O2S/c1-4-5-6-9-21-17(24)12-26-19-22-16-8-7-14(20)10-15(16)18(25)23(19)11-13(2)3/h7-8,10,13H,4-6,9,11-12H2,1-3H3,(H,21,24). The molecule has 0 unspecified atom stereocenters. The van der Waals surface area contributed by atoms with E-state index in [4.69, 9.17) is 11.6 Å². The van der Waals surface area contributed by atoms with Crippen molar-refractivity contribution in [1.82, 2.24) is 14.9 Å². The molecule has 1 aromatic carbocycles. The number of rotatable bonds is 9. The van der Waals surface area contributed by atoms with Crippen LogP contribution in [0.2, 0.25) is 5.02 Å². The van der Waals surface area contributed by atoms with Crippen molar-refractivity contribution in [2.24, 2.45) is 5.92 Å². The second-order valence-electron chi connectivity index (χ2n) is 6.71. The first-order chi connectivity index (χ1) is 12.4. The fourth-order valence-corrected chi connectivity index (χ4v) is 3.60. The average molecular weight is 396 g/mol. The van der Waals surface area contributed by atoms with Gasteiger partial charge in [0, 0.05) is 18.1 Å². The van der Waals surface area contributed by atoms with Crippen molar-refractivity contribution in [1.29, 1.82) is 0 Å². The SMILES string of the molecule is CCCCCNC(=O)CSc1nc2ccc(Cl)cc2c(=O)n1CC(C)C. The first-order valence-corrected chi connectivity index (χ1v) is 10.4. The Kier molecular flexibility index (Phi) is 7.97. The molecule has 0 spiro atoms. The number of nitrogens with one attached hydrogen (secondary N) is 1. The van der Waals surface area contributed by atoms with Crippen molar-refractivity contribution in [3.63, 3.8) is 0 Å². The Labute approximate surface area is 163 Å². The number of carbonyl (C=O) groups excluding carboxylic acids is 1. The molecule has 1 aromatic heterocycles. The van der Waals surface area contributed by atoms with Gasteiger partial charge >= 0.3 is 0 Å². The number of benzene rings is 1. The van der Waals surface area contributed by atoms with Gasteiger partial charge < -0.3 is 5.32 Å². The minimum Gasteiger partial charge on any atom is -0.355 e. The van der Waals surface area contributed by atoms with E-state index < -0.39 is 0 Å². The van der Waals surface area contributed by atoms with Crippen LogP contribution in [-0.2, 0) is 11.3 Å². The molecule has 0 saturated heterocycles. The molecule has 1 heterocycles. The predicted octanol–water partition coefficient (Wildman–Crippen LogP) is 4.10. The van der Waals surface area contributed by atoms with Crippen LogP contribution in [0, 0.1) is 5.92 Å². The monoisotopic (exact) mass is 395 g/mol. The van der Waals surface area contributed by atoms with Crippen LogP contribution in [0.15, 0.2) is 28.2 Å². The normalized spacial score (nSPS) is 11.3. The zero-order valence-electron chi connectivity index (χ0n) is 15.5. The van der Waals surface area contributed by atoms with Gasteiger partial charge in [-0.1, -0.05) is 57.0 Å². The molecule has 7 heteroatoms. The molecule has 0 fully saturated rings. The van der Waals surface area contributed by atoms with Gasteiger partial charge in [0.25, 0.3) is 5.56 Å². The molecule has 2 rings (SSSR count). The number of nitrogens with zero attached hydrogens (tertiary/aromatic N) is 2. The molecule has 1 N–H and O–H groups in total. The van der Waals surface area contributed by atoms with Crippen molar-refractivity contribution in [2.45, 2.75) is 51.7 Å². The van der Waals surface area contributed by atoms with Crippen LogP contribution in [-0.4, -0.2) is 27.8 Å². The molecule has 0 saturated carbocycles. The molecule has 0 bridgehead atoms. The summed E-state index contributed by atoms with van der Waals surface area (Å²) in [6, 6.07) is 5.11. The van der Waals surface area contributed by atoms with Crippen LogP contribution in [0.3, 0.4) is 0 Å². The number of unbranched alkanes of at least 4 members (excludes halogenated alkanes) is 2. The largest absolute Gasteiger partial charge is 0.355 e. The second kappa shape index (κ2) is 9.97. The Bertz CT molecular complexity index is 820. The van der Waals surface area contributed by atoms with Crippen molar-refractivity contribution >= 4 is 40.2 Å². The van der Waals surface area contributed by atoms with Crippen molar-refractivity contribution in [2.75, 3.05) is 12.3 Å². The number of carbonyl (C=O) groups is 1. The fourth-order valence-electron chi connectivity index (χ4n) is 2.59. The highest BCUT2D eigenvalue weighted by Crippen LogP contribution is 2.21. The summed E-state index contributed by atoms with van der Waals surface area (Å²) in [6.45, 7) is 7.46. The van der Waals surface area contributed by atoms with E-state index in [1.807, 2.05) is 13.8 Å². The topological polar surface area (TPSA) is 64.0 Å². The van der Waals surface area contributed by atoms with Gasteiger partial charge in [-0.05, 0) is 30.5 Å². The summed E-state index contributed by atoms with van der Waals surface area (Å²) in [6.07, 6.45) is 3.22. The molecule has 0 aliphatic rings. The van der Waals surface area contributed by atoms with Gasteiger partial charge in [-0.25, -0.2) is 4.98 Å². The first kappa shape index (κ1) is 20.8. The summed E-state index contributed by atoms with van der Waals surface area (Å²) in [5.41, 5.74) is 0.488. The van der Waals surface area contributed by atoms with E-state index in [1.165, 1.54) is 11.8 Å². The quantitative estimate of drug-likeness (QED) is 0.394. The van der Waals surface area contributed by atoms with E-state index in [0.29, 0.717) is 34.2 Å². The zero-order chi connectivity index (χ0) is 19.1. The third-order valence-electron chi connectivity index (χ3n) is 3.86. The molecule has 0 aliphatic carbocycles. The van der Waals surface area contributed by atoms with Gasteiger partial charge in [-0.3, -0.25) is 14.2 Å². The number of fused-ring (bicyclic) bond motifs is 1. The van der Waals surface area contributed by atoms with Crippen LogP contribution >= 0.6 is 23.4 Å². The van der Waals surface area contributed by atoms with Crippen molar-refractivity contribution in [3.8, 4) is 0 Å². The van der Waals surface area contributed by atoms with Gasteiger partial charge in [-0.15, -0.1) is 0 Å². The fraction of sp³-hybridized carbons (Fsp3) is 0.526. The molecular formula is C19H26ClN3O2S. The summed E-state index contributed by atoms with van der Waals surface area (Å²) < 4.78 is 1.65. The Morgan fingerprint density at radius 2 is 2.12 bits per heavy atom. The third kappa shape index (κ3) is 5.74. The smallest absolute Gasteiger partial charge is 0.262 e. The maximum absolute atomic E-state index is 12.9. The Balaban J connectivity index is 2.20. The van der Waals surface area contributed by atoms with Crippen LogP contribution in [0.4, 0.5) is 0 Å². The third-order valence-corrected chi connectivity index (χ3v) is 5.08. The highest BCUT2D eigenvalue weighted by molar-refractivity contribution is 7.99. The maximum Gasteiger partial charge on any atom is 0.262 e. The zero-order valence-corrected chi connectivity index (χ0v) is 17.1. The van der Waals surface area contributed by atoms with Crippen LogP contribution < -0.4 is 10.9 Å².